The van der Waals surface area contributed by atoms with Crippen molar-refractivity contribution >= 4 is 21.6 Å². The van der Waals surface area contributed by atoms with E-state index in [1.165, 1.54) is 17.5 Å². The monoisotopic (exact) mass is 333 g/mol. The van der Waals surface area contributed by atoms with Gasteiger partial charge in [0.05, 0.1) is 19.3 Å². The van der Waals surface area contributed by atoms with Gasteiger partial charge < -0.3 is 9.47 Å². The molecule has 1 aromatic carbocycles. The molecule has 0 saturated carbocycles. The highest BCUT2D eigenvalue weighted by molar-refractivity contribution is 7.89. The van der Waals surface area contributed by atoms with Crippen molar-refractivity contribution in [2.24, 2.45) is 0 Å². The Bertz CT molecular complexity index is 622. The first-order valence-corrected chi connectivity index (χ1v) is 8.57. The smallest absolute Gasteiger partial charge is 0.246 e. The van der Waals surface area contributed by atoms with Crippen LogP contribution in [-0.2, 0) is 14.8 Å². The minimum atomic E-state index is -3.67. The largest absolute Gasteiger partial charge is 0.495 e. The highest BCUT2D eigenvalue weighted by Crippen LogP contribution is 2.33. The molecule has 1 heterocycles. The number of sulfonamides is 1. The van der Waals surface area contributed by atoms with E-state index in [2.05, 4.69) is 0 Å². The van der Waals surface area contributed by atoms with Gasteiger partial charge in [0.25, 0.3) is 0 Å². The summed E-state index contributed by atoms with van der Waals surface area (Å²) in [4.78, 5) is 0.0990. The molecule has 1 fully saturated rings. The lowest BCUT2D eigenvalue weighted by molar-refractivity contribution is -0.0441. The predicted octanol–water partition coefficient (Wildman–Crippen LogP) is 2.45. The van der Waals surface area contributed by atoms with Gasteiger partial charge in [-0.3, -0.25) is 0 Å². The average molecular weight is 334 g/mol. The van der Waals surface area contributed by atoms with Crippen LogP contribution in [0.25, 0.3) is 0 Å². The average Bonchev–Trinajstić information content (AvgIpc) is 2.40. The summed E-state index contributed by atoms with van der Waals surface area (Å²) in [5.74, 6) is 0.309. The number of nitrogens with zero attached hydrogens (tertiary/aromatic N) is 1. The van der Waals surface area contributed by atoms with E-state index in [9.17, 15) is 8.42 Å². The van der Waals surface area contributed by atoms with Crippen LogP contribution in [0.2, 0.25) is 5.02 Å². The molecule has 1 aliphatic heterocycles. The van der Waals surface area contributed by atoms with Crippen molar-refractivity contribution in [1.29, 1.82) is 0 Å². The van der Waals surface area contributed by atoms with E-state index in [1.54, 1.807) is 13.0 Å². The third-order valence-corrected chi connectivity index (χ3v) is 5.71. The standard InChI is InChI=1S/C14H20ClNO4S/c1-9-5-13(19-4)14(6-12(9)15)21(17,18)16-7-10(2)20-11(3)8-16/h5-6,10-11H,7-8H2,1-4H3/t10-,11+. The van der Waals surface area contributed by atoms with Gasteiger partial charge in [-0.1, -0.05) is 11.6 Å². The summed E-state index contributed by atoms with van der Waals surface area (Å²) in [7, 11) is -2.22. The van der Waals surface area contributed by atoms with E-state index >= 15 is 0 Å². The Morgan fingerprint density at radius 2 is 1.86 bits per heavy atom. The Morgan fingerprint density at radius 1 is 1.29 bits per heavy atom. The molecule has 0 aromatic heterocycles. The highest BCUT2D eigenvalue weighted by atomic mass is 35.5. The van der Waals surface area contributed by atoms with Gasteiger partial charge in [-0.25, -0.2) is 8.42 Å². The van der Waals surface area contributed by atoms with E-state index in [1.807, 2.05) is 13.8 Å². The van der Waals surface area contributed by atoms with Crippen molar-refractivity contribution in [2.45, 2.75) is 37.9 Å². The lowest BCUT2D eigenvalue weighted by Crippen LogP contribution is -2.48. The molecule has 7 heteroatoms. The number of halogens is 1. The van der Waals surface area contributed by atoms with E-state index in [0.29, 0.717) is 23.9 Å². The van der Waals surface area contributed by atoms with Crippen LogP contribution in [0.15, 0.2) is 17.0 Å². The number of hydrogen-bond acceptors (Lipinski definition) is 4. The predicted molar refractivity (Wildman–Crippen MR) is 81.5 cm³/mol. The van der Waals surface area contributed by atoms with Crippen LogP contribution in [0.3, 0.4) is 0 Å². The van der Waals surface area contributed by atoms with E-state index in [4.69, 9.17) is 21.1 Å². The molecule has 0 unspecified atom stereocenters. The first kappa shape index (κ1) is 16.5. The molecular formula is C14H20ClNO4S. The van der Waals surface area contributed by atoms with Crippen molar-refractivity contribution in [3.05, 3.63) is 22.7 Å². The van der Waals surface area contributed by atoms with E-state index in [-0.39, 0.29) is 17.1 Å². The van der Waals surface area contributed by atoms with E-state index in [0.717, 1.165) is 5.56 Å². The molecule has 0 spiro atoms. The van der Waals surface area contributed by atoms with Crippen LogP contribution in [0.4, 0.5) is 0 Å². The molecule has 0 amide bonds. The van der Waals surface area contributed by atoms with Gasteiger partial charge in [0, 0.05) is 18.1 Å². The fourth-order valence-corrected chi connectivity index (χ4v) is 4.45. The summed E-state index contributed by atoms with van der Waals surface area (Å²) in [6.07, 6.45) is -0.286. The number of methoxy groups -OCH3 is 1. The Morgan fingerprint density at radius 3 is 2.38 bits per heavy atom. The fourth-order valence-electron chi connectivity index (χ4n) is 2.46. The van der Waals surface area contributed by atoms with Gasteiger partial charge in [-0.05, 0) is 38.5 Å². The number of rotatable bonds is 3. The SMILES string of the molecule is COc1cc(C)c(Cl)cc1S(=O)(=O)N1C[C@@H](C)O[C@@H](C)C1. The Kier molecular flexibility index (Phi) is 4.82. The lowest BCUT2D eigenvalue weighted by Gasteiger charge is -2.34. The molecule has 21 heavy (non-hydrogen) atoms. The van der Waals surface area contributed by atoms with Gasteiger partial charge in [-0.2, -0.15) is 4.31 Å². The zero-order valence-electron chi connectivity index (χ0n) is 12.6. The number of ether oxygens (including phenoxy) is 2. The van der Waals surface area contributed by atoms with E-state index < -0.39 is 10.0 Å². The van der Waals surface area contributed by atoms with Crippen molar-refractivity contribution in [1.82, 2.24) is 4.31 Å². The molecule has 0 bridgehead atoms. The Balaban J connectivity index is 2.46. The third kappa shape index (κ3) is 3.34. The maximum atomic E-state index is 12.9. The normalized spacial score (nSPS) is 24.0. The molecule has 0 N–H and O–H groups in total. The molecular weight excluding hydrogens is 314 g/mol. The molecule has 5 nitrogen and oxygen atoms in total. The first-order valence-electron chi connectivity index (χ1n) is 6.75. The molecule has 1 saturated heterocycles. The van der Waals surface area contributed by atoms with Crippen molar-refractivity contribution in [3.63, 3.8) is 0 Å². The molecule has 118 valence electrons. The minimum Gasteiger partial charge on any atom is -0.495 e. The topological polar surface area (TPSA) is 55.8 Å². The number of aryl methyl sites for hydroxylation is 1. The van der Waals surface area contributed by atoms with Gasteiger partial charge >= 0.3 is 0 Å². The highest BCUT2D eigenvalue weighted by Gasteiger charge is 2.34. The van der Waals surface area contributed by atoms with Crippen LogP contribution in [0.1, 0.15) is 19.4 Å². The molecule has 2 atom stereocenters. The quantitative estimate of drug-likeness (QED) is 0.852. The number of hydrogen-bond donors (Lipinski definition) is 0. The maximum absolute atomic E-state index is 12.9. The summed E-state index contributed by atoms with van der Waals surface area (Å²) < 4.78 is 37.9. The van der Waals surface area contributed by atoms with Crippen molar-refractivity contribution < 1.29 is 17.9 Å². The Hall–Kier alpha value is -0.820. The maximum Gasteiger partial charge on any atom is 0.246 e. The van der Waals surface area contributed by atoms with Gasteiger partial charge in [-0.15, -0.1) is 0 Å². The summed E-state index contributed by atoms with van der Waals surface area (Å²) in [6, 6.07) is 3.10. The first-order chi connectivity index (χ1) is 9.75. The van der Waals surface area contributed by atoms with Crippen LogP contribution in [-0.4, -0.2) is 45.1 Å². The van der Waals surface area contributed by atoms with Crippen molar-refractivity contribution in [2.75, 3.05) is 20.2 Å². The number of morpholine rings is 1. The second-order valence-electron chi connectivity index (χ2n) is 5.33. The molecule has 1 aliphatic rings. The van der Waals surface area contributed by atoms with Gasteiger partial charge in [0.2, 0.25) is 10.0 Å². The second-order valence-corrected chi connectivity index (χ2v) is 7.65. The summed E-state index contributed by atoms with van der Waals surface area (Å²) in [6.45, 7) is 6.16. The summed E-state index contributed by atoms with van der Waals surface area (Å²) >= 11 is 6.08. The molecule has 0 aliphatic carbocycles. The van der Waals surface area contributed by atoms with Crippen molar-refractivity contribution in [3.8, 4) is 5.75 Å². The molecule has 0 radical (unpaired) electrons. The third-order valence-electron chi connectivity index (χ3n) is 3.45. The molecule has 2 rings (SSSR count). The van der Waals surface area contributed by atoms with Crippen LogP contribution in [0, 0.1) is 6.92 Å². The lowest BCUT2D eigenvalue weighted by atomic mass is 10.2. The van der Waals surface area contributed by atoms with Crippen LogP contribution >= 0.6 is 11.6 Å². The second kappa shape index (κ2) is 6.12. The number of benzene rings is 1. The summed E-state index contributed by atoms with van der Waals surface area (Å²) in [5.41, 5.74) is 0.774. The zero-order valence-corrected chi connectivity index (χ0v) is 14.2. The Labute approximate surface area is 130 Å². The molecule has 1 aromatic rings. The zero-order chi connectivity index (χ0) is 15.8. The van der Waals surface area contributed by atoms with Gasteiger partial charge in [0.1, 0.15) is 10.6 Å². The minimum absolute atomic E-state index is 0.0990. The fraction of sp³-hybridized carbons (Fsp3) is 0.571. The van der Waals surface area contributed by atoms with Crippen LogP contribution in [0.5, 0.6) is 5.75 Å². The summed E-state index contributed by atoms with van der Waals surface area (Å²) in [5, 5.41) is 0.406. The van der Waals surface area contributed by atoms with Crippen LogP contribution < -0.4 is 4.74 Å². The van der Waals surface area contributed by atoms with Gasteiger partial charge in [0.15, 0.2) is 0 Å².